The van der Waals surface area contributed by atoms with Gasteiger partial charge in [-0.1, -0.05) is 73.5 Å². The minimum Gasteiger partial charge on any atom is -0.351 e. The average molecular weight is 500 g/mol. The number of hydrogen-bond acceptors (Lipinski definition) is 4. The Morgan fingerprint density at radius 3 is 2.51 bits per heavy atom. The van der Waals surface area contributed by atoms with E-state index in [0.717, 1.165) is 31.2 Å². The molecule has 37 heavy (non-hydrogen) atoms. The normalized spacial score (nSPS) is 14.5. The van der Waals surface area contributed by atoms with E-state index in [1.165, 1.54) is 15.6 Å². The SMILES string of the molecule is CCc1ccccc1N(C(=O)Cn1nnc2ccccc21)[C@@H](C(=O)NC1CCCC1)c1ccccc1F. The Kier molecular flexibility index (Phi) is 7.25. The van der Waals surface area contributed by atoms with Crippen LogP contribution in [0, 0.1) is 5.82 Å². The molecule has 7 nitrogen and oxygen atoms in total. The molecule has 0 aliphatic heterocycles. The van der Waals surface area contributed by atoms with Crippen LogP contribution in [0.1, 0.15) is 49.8 Å². The van der Waals surface area contributed by atoms with Gasteiger partial charge in [-0.25, -0.2) is 9.07 Å². The van der Waals surface area contributed by atoms with Gasteiger partial charge < -0.3 is 5.32 Å². The fourth-order valence-corrected chi connectivity index (χ4v) is 5.15. The summed E-state index contributed by atoms with van der Waals surface area (Å²) in [4.78, 5) is 29.4. The van der Waals surface area contributed by atoms with E-state index in [4.69, 9.17) is 0 Å². The molecule has 1 fully saturated rings. The number of benzene rings is 3. The summed E-state index contributed by atoms with van der Waals surface area (Å²) in [5, 5.41) is 11.4. The Balaban J connectivity index is 1.61. The maximum Gasteiger partial charge on any atom is 0.249 e. The molecule has 1 atom stereocenters. The number of amides is 2. The Morgan fingerprint density at radius 1 is 1.03 bits per heavy atom. The lowest BCUT2D eigenvalue weighted by Crippen LogP contribution is -2.48. The molecule has 1 saturated carbocycles. The van der Waals surface area contributed by atoms with Crippen LogP contribution in [0.2, 0.25) is 0 Å². The smallest absolute Gasteiger partial charge is 0.249 e. The molecule has 1 aromatic heterocycles. The molecule has 8 heteroatoms. The van der Waals surface area contributed by atoms with Crippen LogP contribution in [0.4, 0.5) is 10.1 Å². The largest absolute Gasteiger partial charge is 0.351 e. The van der Waals surface area contributed by atoms with Gasteiger partial charge in [0.2, 0.25) is 11.8 Å². The monoisotopic (exact) mass is 499 g/mol. The Bertz CT molecular complexity index is 1410. The second-order valence-corrected chi connectivity index (χ2v) is 9.40. The third-order valence-corrected chi connectivity index (χ3v) is 7.01. The molecule has 3 aromatic carbocycles. The van der Waals surface area contributed by atoms with E-state index >= 15 is 4.39 Å². The fourth-order valence-electron chi connectivity index (χ4n) is 5.15. The van der Waals surface area contributed by atoms with Gasteiger partial charge in [0.05, 0.1) is 5.52 Å². The van der Waals surface area contributed by atoms with Crippen molar-refractivity contribution in [2.24, 2.45) is 0 Å². The van der Waals surface area contributed by atoms with Crippen molar-refractivity contribution in [2.75, 3.05) is 4.90 Å². The van der Waals surface area contributed by atoms with Gasteiger partial charge >= 0.3 is 0 Å². The van der Waals surface area contributed by atoms with Crippen LogP contribution in [0.5, 0.6) is 0 Å². The van der Waals surface area contributed by atoms with Crippen molar-refractivity contribution in [3.05, 3.63) is 89.7 Å². The van der Waals surface area contributed by atoms with Gasteiger partial charge in [-0.3, -0.25) is 14.5 Å². The van der Waals surface area contributed by atoms with Crippen molar-refractivity contribution in [3.63, 3.8) is 0 Å². The summed E-state index contributed by atoms with van der Waals surface area (Å²) in [5.41, 5.74) is 2.99. The van der Waals surface area contributed by atoms with Crippen LogP contribution >= 0.6 is 0 Å². The first-order valence-corrected chi connectivity index (χ1v) is 12.8. The number of nitrogens with one attached hydrogen (secondary N) is 1. The van der Waals surface area contributed by atoms with E-state index in [-0.39, 0.29) is 30.0 Å². The Hall–Kier alpha value is -4.07. The molecule has 1 aliphatic carbocycles. The summed E-state index contributed by atoms with van der Waals surface area (Å²) in [6, 6.07) is 19.8. The molecule has 0 unspecified atom stereocenters. The van der Waals surface area contributed by atoms with Crippen molar-refractivity contribution in [1.29, 1.82) is 0 Å². The highest BCUT2D eigenvalue weighted by molar-refractivity contribution is 6.02. The number of rotatable bonds is 8. The Morgan fingerprint density at radius 2 is 1.73 bits per heavy atom. The molecule has 1 N–H and O–H groups in total. The van der Waals surface area contributed by atoms with E-state index in [0.29, 0.717) is 23.1 Å². The molecule has 2 amide bonds. The van der Waals surface area contributed by atoms with Crippen LogP contribution in [0.3, 0.4) is 0 Å². The molecule has 1 heterocycles. The molecule has 4 aromatic rings. The minimum absolute atomic E-state index is 0.0133. The standard InChI is InChI=1S/C29H30FN5O2/c1-2-20-11-3-9-17-25(20)35(27(36)19-34-26-18-10-8-16-24(26)32-33-34)28(22-14-6-7-15-23(22)30)29(37)31-21-12-4-5-13-21/h3,6-11,14-18,21,28H,2,4-5,12-13,19H2,1H3,(H,31,37)/t28-/m1/s1. The second-order valence-electron chi connectivity index (χ2n) is 9.40. The minimum atomic E-state index is -1.18. The molecule has 0 saturated heterocycles. The van der Waals surface area contributed by atoms with E-state index in [1.54, 1.807) is 18.2 Å². The topological polar surface area (TPSA) is 80.1 Å². The van der Waals surface area contributed by atoms with Crippen LogP contribution in [0.15, 0.2) is 72.8 Å². The summed E-state index contributed by atoms with van der Waals surface area (Å²) >= 11 is 0. The highest BCUT2D eigenvalue weighted by Gasteiger charge is 2.36. The van der Waals surface area contributed by atoms with Crippen molar-refractivity contribution >= 4 is 28.5 Å². The molecular weight excluding hydrogens is 469 g/mol. The average Bonchev–Trinajstić information content (AvgIpc) is 3.58. The Labute approximate surface area is 215 Å². The van der Waals surface area contributed by atoms with Gasteiger partial charge in [-0.15, -0.1) is 5.10 Å². The molecule has 5 rings (SSSR count). The zero-order valence-corrected chi connectivity index (χ0v) is 20.8. The number of nitrogens with zero attached hydrogens (tertiary/aromatic N) is 4. The van der Waals surface area contributed by atoms with Gasteiger partial charge in [0.1, 0.15) is 23.9 Å². The number of aromatic nitrogens is 3. The number of fused-ring (bicyclic) bond motifs is 1. The predicted molar refractivity (Wildman–Crippen MR) is 140 cm³/mol. The van der Waals surface area contributed by atoms with E-state index < -0.39 is 11.9 Å². The van der Waals surface area contributed by atoms with Crippen LogP contribution in [0.25, 0.3) is 11.0 Å². The number of para-hydroxylation sites is 2. The molecule has 0 spiro atoms. The summed E-state index contributed by atoms with van der Waals surface area (Å²) < 4.78 is 16.8. The summed E-state index contributed by atoms with van der Waals surface area (Å²) in [7, 11) is 0. The number of aryl methyl sites for hydroxylation is 1. The summed E-state index contributed by atoms with van der Waals surface area (Å²) in [6.45, 7) is 1.84. The number of hydrogen-bond donors (Lipinski definition) is 1. The number of carbonyl (C=O) groups excluding carboxylic acids is 2. The molecule has 0 bridgehead atoms. The van der Waals surface area contributed by atoms with Gasteiger partial charge in [-0.2, -0.15) is 0 Å². The maximum atomic E-state index is 15.3. The van der Waals surface area contributed by atoms with Crippen LogP contribution in [-0.4, -0.2) is 32.9 Å². The highest BCUT2D eigenvalue weighted by atomic mass is 19.1. The summed E-state index contributed by atoms with van der Waals surface area (Å²) in [6.07, 6.45) is 4.47. The van der Waals surface area contributed by atoms with Crippen molar-refractivity contribution in [1.82, 2.24) is 20.3 Å². The van der Waals surface area contributed by atoms with Gasteiger partial charge in [0.25, 0.3) is 0 Å². The van der Waals surface area contributed by atoms with E-state index in [1.807, 2.05) is 55.5 Å². The first-order chi connectivity index (χ1) is 18.1. The fraction of sp³-hybridized carbons (Fsp3) is 0.310. The van der Waals surface area contributed by atoms with Crippen molar-refractivity contribution in [2.45, 2.75) is 57.7 Å². The number of anilines is 1. The lowest BCUT2D eigenvalue weighted by molar-refractivity contribution is -0.127. The second kappa shape index (κ2) is 10.9. The third kappa shape index (κ3) is 5.09. The van der Waals surface area contributed by atoms with Crippen LogP contribution < -0.4 is 10.2 Å². The van der Waals surface area contributed by atoms with Gasteiger partial charge in [-0.05, 0) is 49.1 Å². The highest BCUT2D eigenvalue weighted by Crippen LogP contribution is 2.33. The lowest BCUT2D eigenvalue weighted by Gasteiger charge is -2.33. The van der Waals surface area contributed by atoms with Crippen molar-refractivity contribution < 1.29 is 14.0 Å². The van der Waals surface area contributed by atoms with Crippen molar-refractivity contribution in [3.8, 4) is 0 Å². The third-order valence-electron chi connectivity index (χ3n) is 7.01. The van der Waals surface area contributed by atoms with Gasteiger partial charge in [0.15, 0.2) is 0 Å². The predicted octanol–water partition coefficient (Wildman–Crippen LogP) is 4.97. The van der Waals surface area contributed by atoms with E-state index in [9.17, 15) is 9.59 Å². The molecular formula is C29H30FN5O2. The van der Waals surface area contributed by atoms with E-state index in [2.05, 4.69) is 15.6 Å². The van der Waals surface area contributed by atoms with Gasteiger partial charge in [0, 0.05) is 17.3 Å². The van der Waals surface area contributed by atoms with Crippen LogP contribution in [-0.2, 0) is 22.6 Å². The zero-order valence-electron chi connectivity index (χ0n) is 20.8. The maximum absolute atomic E-state index is 15.3. The molecule has 0 radical (unpaired) electrons. The molecule has 190 valence electrons. The quantitative estimate of drug-likeness (QED) is 0.371. The first kappa shape index (κ1) is 24.6. The molecule has 1 aliphatic rings. The zero-order chi connectivity index (χ0) is 25.8. The number of halogens is 1. The lowest BCUT2D eigenvalue weighted by atomic mass is 9.99. The summed E-state index contributed by atoms with van der Waals surface area (Å²) in [5.74, 6) is -1.31. The first-order valence-electron chi connectivity index (χ1n) is 12.8. The number of carbonyl (C=O) groups is 2.